The summed E-state index contributed by atoms with van der Waals surface area (Å²) in [5, 5.41) is 0. The SMILES string of the molecule is C=CC(=CC)CCC. The van der Waals surface area contributed by atoms with Crippen molar-refractivity contribution in [3.63, 3.8) is 0 Å². The van der Waals surface area contributed by atoms with E-state index in [1.54, 1.807) is 0 Å². The molecule has 0 aliphatic heterocycles. The van der Waals surface area contributed by atoms with Crippen LogP contribution in [-0.2, 0) is 0 Å². The predicted molar refractivity (Wildman–Crippen MR) is 38.9 cm³/mol. The normalized spacial score (nSPS) is 11.5. The lowest BCUT2D eigenvalue weighted by Gasteiger charge is -1.93. The molecule has 0 spiro atoms. The number of hydrogen-bond acceptors (Lipinski definition) is 0. The van der Waals surface area contributed by atoms with Crippen molar-refractivity contribution < 1.29 is 0 Å². The maximum Gasteiger partial charge on any atom is -0.0285 e. The molecule has 0 rings (SSSR count). The van der Waals surface area contributed by atoms with Crippen LogP contribution in [0.3, 0.4) is 0 Å². The Morgan fingerprint density at radius 2 is 2.25 bits per heavy atom. The van der Waals surface area contributed by atoms with Crippen LogP contribution in [0.2, 0.25) is 0 Å². The van der Waals surface area contributed by atoms with E-state index in [1.807, 2.05) is 13.0 Å². The molecule has 0 amide bonds. The fraction of sp³-hybridized carbons (Fsp3) is 0.500. The fourth-order valence-corrected chi connectivity index (χ4v) is 0.653. The van der Waals surface area contributed by atoms with Gasteiger partial charge in [-0.05, 0) is 13.3 Å². The third kappa shape index (κ3) is 2.62. The highest BCUT2D eigenvalue weighted by Gasteiger charge is 1.83. The summed E-state index contributed by atoms with van der Waals surface area (Å²) in [6.07, 6.45) is 6.41. The third-order valence-corrected chi connectivity index (χ3v) is 1.17. The van der Waals surface area contributed by atoms with E-state index < -0.39 is 0 Å². The molecule has 0 saturated heterocycles. The first kappa shape index (κ1) is 7.48. The maximum atomic E-state index is 3.68. The molecule has 0 atom stereocenters. The molecular weight excluding hydrogens is 96.1 g/mol. The minimum Gasteiger partial charge on any atom is -0.0988 e. The van der Waals surface area contributed by atoms with Gasteiger partial charge in [0.05, 0.1) is 0 Å². The van der Waals surface area contributed by atoms with Crippen LogP contribution < -0.4 is 0 Å². The van der Waals surface area contributed by atoms with Gasteiger partial charge in [-0.1, -0.05) is 37.6 Å². The molecule has 0 unspecified atom stereocenters. The van der Waals surface area contributed by atoms with Crippen molar-refractivity contribution in [3.8, 4) is 0 Å². The Bertz CT molecular complexity index is 88.2. The van der Waals surface area contributed by atoms with Crippen molar-refractivity contribution in [2.75, 3.05) is 0 Å². The van der Waals surface area contributed by atoms with E-state index in [4.69, 9.17) is 0 Å². The molecule has 0 aliphatic rings. The highest BCUT2D eigenvalue weighted by molar-refractivity contribution is 5.14. The zero-order valence-electron chi connectivity index (χ0n) is 5.78. The standard InChI is InChI=1S/C8H14/c1-4-7-8(5-2)6-3/h5-6H,2,4,7H2,1,3H3. The van der Waals surface area contributed by atoms with Gasteiger partial charge >= 0.3 is 0 Å². The lowest BCUT2D eigenvalue weighted by molar-refractivity contribution is 0.925. The van der Waals surface area contributed by atoms with Crippen molar-refractivity contribution in [2.45, 2.75) is 26.7 Å². The van der Waals surface area contributed by atoms with E-state index in [-0.39, 0.29) is 0 Å². The van der Waals surface area contributed by atoms with Crippen molar-refractivity contribution in [1.82, 2.24) is 0 Å². The monoisotopic (exact) mass is 110 g/mol. The topological polar surface area (TPSA) is 0 Å². The highest BCUT2D eigenvalue weighted by atomic mass is 13.9. The van der Waals surface area contributed by atoms with E-state index in [0.29, 0.717) is 0 Å². The van der Waals surface area contributed by atoms with Crippen molar-refractivity contribution >= 4 is 0 Å². The average Bonchev–Trinajstić information content (AvgIpc) is 1.83. The number of allylic oxidation sites excluding steroid dienone is 3. The second-order valence-electron chi connectivity index (χ2n) is 1.82. The molecule has 0 heterocycles. The molecule has 0 aromatic carbocycles. The average molecular weight is 110 g/mol. The molecule has 0 nitrogen and oxygen atoms in total. The minimum atomic E-state index is 1.17. The first-order chi connectivity index (χ1) is 3.85. The summed E-state index contributed by atoms with van der Waals surface area (Å²) >= 11 is 0. The molecule has 8 heavy (non-hydrogen) atoms. The van der Waals surface area contributed by atoms with Gasteiger partial charge in [0.15, 0.2) is 0 Å². The van der Waals surface area contributed by atoms with Gasteiger partial charge < -0.3 is 0 Å². The van der Waals surface area contributed by atoms with Crippen molar-refractivity contribution in [1.29, 1.82) is 0 Å². The number of rotatable bonds is 3. The fourth-order valence-electron chi connectivity index (χ4n) is 0.653. The Labute approximate surface area is 51.9 Å². The maximum absolute atomic E-state index is 3.68. The molecule has 0 aromatic heterocycles. The van der Waals surface area contributed by atoms with Gasteiger partial charge in [-0.25, -0.2) is 0 Å². The van der Waals surface area contributed by atoms with Crippen LogP contribution >= 0.6 is 0 Å². The van der Waals surface area contributed by atoms with Crippen LogP contribution in [0.5, 0.6) is 0 Å². The van der Waals surface area contributed by atoms with Crippen LogP contribution in [0.4, 0.5) is 0 Å². The zero-order chi connectivity index (χ0) is 6.41. The highest BCUT2D eigenvalue weighted by Crippen LogP contribution is 2.03. The summed E-state index contributed by atoms with van der Waals surface area (Å²) in [7, 11) is 0. The molecule has 0 aromatic rings. The van der Waals surface area contributed by atoms with Crippen LogP contribution in [0.15, 0.2) is 24.3 Å². The van der Waals surface area contributed by atoms with Crippen LogP contribution in [-0.4, -0.2) is 0 Å². The molecule has 46 valence electrons. The third-order valence-electron chi connectivity index (χ3n) is 1.17. The van der Waals surface area contributed by atoms with Gasteiger partial charge in [-0.3, -0.25) is 0 Å². The van der Waals surface area contributed by atoms with Crippen LogP contribution in [0, 0.1) is 0 Å². The second-order valence-corrected chi connectivity index (χ2v) is 1.82. The Kier molecular flexibility index (Phi) is 4.33. The summed E-state index contributed by atoms with van der Waals surface area (Å²) in [6, 6.07) is 0. The van der Waals surface area contributed by atoms with E-state index in [9.17, 15) is 0 Å². The van der Waals surface area contributed by atoms with Gasteiger partial charge in [-0.2, -0.15) is 0 Å². The summed E-state index contributed by atoms with van der Waals surface area (Å²) in [4.78, 5) is 0. The quantitative estimate of drug-likeness (QED) is 0.490. The zero-order valence-corrected chi connectivity index (χ0v) is 5.78. The Balaban J connectivity index is 3.54. The second kappa shape index (κ2) is 4.63. The molecule has 0 heteroatoms. The van der Waals surface area contributed by atoms with Crippen LogP contribution in [0.25, 0.3) is 0 Å². The molecule has 0 radical (unpaired) electrons. The van der Waals surface area contributed by atoms with Gasteiger partial charge in [0.2, 0.25) is 0 Å². The van der Waals surface area contributed by atoms with Gasteiger partial charge in [0.25, 0.3) is 0 Å². The van der Waals surface area contributed by atoms with E-state index in [2.05, 4.69) is 19.6 Å². The first-order valence-corrected chi connectivity index (χ1v) is 3.12. The number of hydrogen-bond donors (Lipinski definition) is 0. The minimum absolute atomic E-state index is 1.17. The van der Waals surface area contributed by atoms with Gasteiger partial charge in [-0.15, -0.1) is 0 Å². The van der Waals surface area contributed by atoms with E-state index in [0.717, 1.165) is 0 Å². The molecule has 0 saturated carbocycles. The van der Waals surface area contributed by atoms with Gasteiger partial charge in [0, 0.05) is 0 Å². The van der Waals surface area contributed by atoms with Crippen LogP contribution in [0.1, 0.15) is 26.7 Å². The Hall–Kier alpha value is -0.520. The largest absolute Gasteiger partial charge is 0.0988 e. The predicted octanol–water partition coefficient (Wildman–Crippen LogP) is 2.92. The smallest absolute Gasteiger partial charge is 0.0285 e. The van der Waals surface area contributed by atoms with Crippen molar-refractivity contribution in [2.24, 2.45) is 0 Å². The molecule has 0 bridgehead atoms. The Morgan fingerprint density at radius 3 is 2.38 bits per heavy atom. The lowest BCUT2D eigenvalue weighted by Crippen LogP contribution is -1.73. The van der Waals surface area contributed by atoms with E-state index in [1.165, 1.54) is 18.4 Å². The Morgan fingerprint density at radius 1 is 1.62 bits per heavy atom. The summed E-state index contributed by atoms with van der Waals surface area (Å²) in [5.41, 5.74) is 1.35. The van der Waals surface area contributed by atoms with Gasteiger partial charge in [0.1, 0.15) is 0 Å². The summed E-state index contributed by atoms with van der Waals surface area (Å²) < 4.78 is 0. The van der Waals surface area contributed by atoms with Crippen molar-refractivity contribution in [3.05, 3.63) is 24.3 Å². The lowest BCUT2D eigenvalue weighted by atomic mass is 10.1. The molecule has 0 aliphatic carbocycles. The molecular formula is C8H14. The summed E-state index contributed by atoms with van der Waals surface area (Å²) in [6.45, 7) is 7.90. The first-order valence-electron chi connectivity index (χ1n) is 3.12. The summed E-state index contributed by atoms with van der Waals surface area (Å²) in [5.74, 6) is 0. The molecule has 0 N–H and O–H groups in total. The van der Waals surface area contributed by atoms with E-state index >= 15 is 0 Å². The molecule has 0 fully saturated rings.